The van der Waals surface area contributed by atoms with Gasteiger partial charge in [-0.1, -0.05) is 48.3 Å². The molecule has 0 spiro atoms. The summed E-state index contributed by atoms with van der Waals surface area (Å²) in [5.74, 6) is 0.496. The summed E-state index contributed by atoms with van der Waals surface area (Å²) in [6.07, 6.45) is 3.94. The Morgan fingerprint density at radius 2 is 1.88 bits per heavy atom. The summed E-state index contributed by atoms with van der Waals surface area (Å²) in [5.41, 5.74) is 3.35. The summed E-state index contributed by atoms with van der Waals surface area (Å²) >= 11 is 7.69. The number of nitrogens with zero attached hydrogens (tertiary/aromatic N) is 2. The molecule has 0 bridgehead atoms. The fraction of sp³-hybridized carbons (Fsp3) is 0.125. The van der Waals surface area contributed by atoms with Crippen LogP contribution in [0.4, 0.5) is 5.69 Å². The second-order valence-corrected chi connectivity index (χ2v) is 9.96. The van der Waals surface area contributed by atoms with E-state index in [0.29, 0.717) is 30.7 Å². The Labute approximate surface area is 203 Å². The van der Waals surface area contributed by atoms with Crippen molar-refractivity contribution in [2.75, 3.05) is 18.6 Å². The van der Waals surface area contributed by atoms with Gasteiger partial charge in [0.05, 0.1) is 18.5 Å². The van der Waals surface area contributed by atoms with Crippen molar-refractivity contribution in [3.63, 3.8) is 0 Å². The maximum absolute atomic E-state index is 13.8. The highest BCUT2D eigenvalue weighted by Gasteiger charge is 2.27. The highest BCUT2D eigenvalue weighted by molar-refractivity contribution is 8.30. The van der Waals surface area contributed by atoms with E-state index in [9.17, 15) is 9.59 Å². The number of rotatable bonds is 3. The third-order valence-corrected chi connectivity index (χ3v) is 7.93. The minimum absolute atomic E-state index is 0.171. The normalized spacial score (nSPS) is 18.4. The number of nitrogens with one attached hydrogen (secondary N) is 1. The largest absolute Gasteiger partial charge is 0.497 e. The lowest BCUT2D eigenvalue weighted by Gasteiger charge is -2.29. The van der Waals surface area contributed by atoms with E-state index in [-0.39, 0.29) is 11.5 Å². The molecule has 0 saturated carbocycles. The minimum atomic E-state index is -0.281. The van der Waals surface area contributed by atoms with Crippen LogP contribution in [0.3, 0.4) is 0 Å². The number of thiocarbonyl (C=S) groups is 1. The van der Waals surface area contributed by atoms with E-state index in [1.807, 2.05) is 67.6 Å². The van der Waals surface area contributed by atoms with Gasteiger partial charge in [0.15, 0.2) is 0 Å². The van der Waals surface area contributed by atoms with Crippen molar-refractivity contribution in [1.29, 1.82) is 0 Å². The number of ether oxygens (including phenoxy) is 1. The average molecular weight is 494 g/mol. The monoisotopic (exact) mass is 493 g/mol. The molecule has 6 nitrogen and oxygen atoms in total. The van der Waals surface area contributed by atoms with Gasteiger partial charge >= 0.3 is 0 Å². The molecule has 5 rings (SSSR count). The average Bonchev–Trinajstić information content (AvgIpc) is 3.35. The van der Waals surface area contributed by atoms with Crippen molar-refractivity contribution in [2.45, 2.75) is 6.92 Å². The first-order valence-electron chi connectivity index (χ1n) is 10.2. The van der Waals surface area contributed by atoms with Crippen LogP contribution in [0.25, 0.3) is 22.4 Å². The molecule has 166 valence electrons. The molecule has 0 radical (unpaired) electrons. The van der Waals surface area contributed by atoms with Crippen LogP contribution in [0.2, 0.25) is 0 Å². The van der Waals surface area contributed by atoms with Crippen molar-refractivity contribution in [1.82, 2.24) is 9.88 Å². The number of anilines is 1. The Balaban J connectivity index is 1.84. The van der Waals surface area contributed by atoms with Gasteiger partial charge in [-0.15, -0.1) is 11.3 Å². The third-order valence-electron chi connectivity index (χ3n) is 5.41. The molecule has 1 aromatic heterocycles. The van der Waals surface area contributed by atoms with E-state index < -0.39 is 0 Å². The van der Waals surface area contributed by atoms with Crippen LogP contribution in [-0.4, -0.2) is 28.4 Å². The highest BCUT2D eigenvalue weighted by atomic mass is 32.2. The van der Waals surface area contributed by atoms with Crippen molar-refractivity contribution in [2.24, 2.45) is 0 Å². The van der Waals surface area contributed by atoms with Gasteiger partial charge in [0, 0.05) is 17.8 Å². The second kappa shape index (κ2) is 8.66. The first kappa shape index (κ1) is 21.7. The molecule has 2 aliphatic rings. The Morgan fingerprint density at radius 1 is 1.09 bits per heavy atom. The maximum atomic E-state index is 13.8. The number of carbonyl (C=O) groups is 1. The molecule has 0 aliphatic carbocycles. The Morgan fingerprint density at radius 3 is 2.55 bits per heavy atom. The number of fused-ring (bicyclic) bond motifs is 1. The minimum Gasteiger partial charge on any atom is -0.497 e. The van der Waals surface area contributed by atoms with Crippen LogP contribution in [-0.2, 0) is 4.79 Å². The number of carbonyl (C=O) groups excluding carboxylic acids is 1. The molecule has 1 fully saturated rings. The molecular formula is C24H19N3O3S3. The lowest BCUT2D eigenvalue weighted by molar-refractivity contribution is -0.113. The summed E-state index contributed by atoms with van der Waals surface area (Å²) in [7, 11) is 1.64. The van der Waals surface area contributed by atoms with Gasteiger partial charge in [0.25, 0.3) is 11.5 Å². The second-order valence-electron chi connectivity index (χ2n) is 7.27. The fourth-order valence-corrected chi connectivity index (χ4v) is 6.29. The molecule has 33 heavy (non-hydrogen) atoms. The molecule has 2 aromatic carbocycles. The molecule has 1 saturated heterocycles. The van der Waals surface area contributed by atoms with Gasteiger partial charge < -0.3 is 15.0 Å². The van der Waals surface area contributed by atoms with Crippen molar-refractivity contribution in [3.8, 4) is 11.4 Å². The van der Waals surface area contributed by atoms with Gasteiger partial charge in [0.2, 0.25) is 0 Å². The predicted octanol–water partition coefficient (Wildman–Crippen LogP) is 2.83. The van der Waals surface area contributed by atoms with Crippen LogP contribution in [0.15, 0.2) is 59.4 Å². The number of hydrogen-bond donors (Lipinski definition) is 1. The first-order valence-corrected chi connectivity index (χ1v) is 12.3. The number of methoxy groups -OCH3 is 1. The van der Waals surface area contributed by atoms with Gasteiger partial charge in [-0.25, -0.2) is 0 Å². The number of thioether (sulfide) groups is 1. The summed E-state index contributed by atoms with van der Waals surface area (Å²) in [6.45, 7) is 2.72. The van der Waals surface area contributed by atoms with Gasteiger partial charge in [-0.05, 0) is 43.3 Å². The zero-order valence-electron chi connectivity index (χ0n) is 17.8. The first-order chi connectivity index (χ1) is 16.0. The lowest BCUT2D eigenvalue weighted by Crippen LogP contribution is -2.36. The quantitative estimate of drug-likeness (QED) is 0.567. The number of para-hydroxylation sites is 1. The molecule has 2 aliphatic heterocycles. The molecule has 1 amide bonds. The summed E-state index contributed by atoms with van der Waals surface area (Å²) in [4.78, 5) is 28.9. The van der Waals surface area contributed by atoms with Crippen LogP contribution >= 0.6 is 35.3 Å². The molecule has 3 aromatic rings. The molecule has 3 heterocycles. The van der Waals surface area contributed by atoms with Gasteiger partial charge in [-0.2, -0.15) is 0 Å². The predicted molar refractivity (Wildman–Crippen MR) is 139 cm³/mol. The van der Waals surface area contributed by atoms with Gasteiger partial charge in [-0.3, -0.25) is 14.2 Å². The number of aromatic nitrogens is 1. The Hall–Kier alpha value is -3.14. The molecule has 9 heteroatoms. The van der Waals surface area contributed by atoms with Crippen molar-refractivity contribution < 1.29 is 9.53 Å². The Bertz CT molecular complexity index is 1500. The summed E-state index contributed by atoms with van der Waals surface area (Å²) in [6, 6.07) is 15.2. The number of thiazole rings is 1. The van der Waals surface area contributed by atoms with Crippen LogP contribution in [0.5, 0.6) is 5.75 Å². The van der Waals surface area contributed by atoms with E-state index >= 15 is 0 Å². The SMILES string of the molecule is CCN1/C(=c2/s/c(=C3\SC(=S)NC3=O)n(-c3ccccc3)c2=O)C=Cc2cc(OC)ccc21. The van der Waals surface area contributed by atoms with Gasteiger partial charge in [0.1, 0.15) is 24.2 Å². The van der Waals surface area contributed by atoms with Crippen LogP contribution in [0, 0.1) is 0 Å². The van der Waals surface area contributed by atoms with Crippen LogP contribution in [0.1, 0.15) is 12.5 Å². The van der Waals surface area contributed by atoms with E-state index in [2.05, 4.69) is 10.2 Å². The molecule has 0 atom stereocenters. The molecular weight excluding hydrogens is 474 g/mol. The maximum Gasteiger partial charge on any atom is 0.275 e. The number of amides is 1. The molecule has 1 N–H and O–H groups in total. The smallest absolute Gasteiger partial charge is 0.275 e. The van der Waals surface area contributed by atoms with Crippen molar-refractivity contribution >= 4 is 67.9 Å². The number of benzene rings is 2. The van der Waals surface area contributed by atoms with Crippen LogP contribution < -0.4 is 29.7 Å². The fourth-order valence-electron chi connectivity index (χ4n) is 3.92. The summed E-state index contributed by atoms with van der Waals surface area (Å²) in [5, 5.41) is 2.66. The van der Waals surface area contributed by atoms with E-state index in [1.165, 1.54) is 23.1 Å². The number of hydrogen-bond acceptors (Lipinski definition) is 7. The Kier molecular flexibility index (Phi) is 5.69. The molecule has 0 unspecified atom stereocenters. The topological polar surface area (TPSA) is 63.6 Å². The summed E-state index contributed by atoms with van der Waals surface area (Å²) < 4.78 is 8.49. The zero-order valence-corrected chi connectivity index (χ0v) is 20.3. The van der Waals surface area contributed by atoms with E-state index in [4.69, 9.17) is 17.0 Å². The zero-order chi connectivity index (χ0) is 23.1. The third kappa shape index (κ3) is 3.72. The van der Waals surface area contributed by atoms with E-state index in [1.54, 1.807) is 11.7 Å². The number of likely N-dealkylation sites (N-methyl/N-ethyl adjacent to an activating group) is 1. The van der Waals surface area contributed by atoms with Crippen molar-refractivity contribution in [3.05, 3.63) is 79.7 Å². The lowest BCUT2D eigenvalue weighted by atomic mass is 10.1. The van der Waals surface area contributed by atoms with E-state index in [0.717, 1.165) is 22.7 Å². The standard InChI is InChI=1S/C24H19N3O3S3/c1-3-26-17-12-10-16(30-2)13-14(17)9-11-18(26)19-22(29)27(15-7-5-4-6-8-15)23(32-19)20-21(28)25-24(31)33-20/h4-13H,3H2,1-2H3,(H,25,28,31)/b19-18+,23-20-. The highest BCUT2D eigenvalue weighted by Crippen LogP contribution is 2.33.